The SMILES string of the molecule is CCC1NC(=O)CN(CC2CSc3ccccc32)C1=O. The molecule has 2 aliphatic rings. The summed E-state index contributed by atoms with van der Waals surface area (Å²) in [6, 6.07) is 7.99. The second-order valence-corrected chi connectivity index (χ2v) is 6.35. The Labute approximate surface area is 122 Å². The Hall–Kier alpha value is -1.49. The van der Waals surface area contributed by atoms with Crippen molar-refractivity contribution in [1.29, 1.82) is 0 Å². The van der Waals surface area contributed by atoms with Crippen molar-refractivity contribution in [1.82, 2.24) is 10.2 Å². The molecule has 0 saturated carbocycles. The Kier molecular flexibility index (Phi) is 3.70. The third kappa shape index (κ3) is 2.42. The summed E-state index contributed by atoms with van der Waals surface area (Å²) >= 11 is 1.83. The van der Waals surface area contributed by atoms with Gasteiger partial charge >= 0.3 is 0 Å². The van der Waals surface area contributed by atoms with Crippen LogP contribution in [0.15, 0.2) is 29.2 Å². The summed E-state index contributed by atoms with van der Waals surface area (Å²) in [4.78, 5) is 27.0. The van der Waals surface area contributed by atoms with Crippen molar-refractivity contribution in [3.8, 4) is 0 Å². The summed E-state index contributed by atoms with van der Waals surface area (Å²) in [5.74, 6) is 1.34. The lowest BCUT2D eigenvalue weighted by Crippen LogP contribution is -2.58. The van der Waals surface area contributed by atoms with Gasteiger partial charge in [0.05, 0.1) is 6.54 Å². The Morgan fingerprint density at radius 2 is 2.15 bits per heavy atom. The number of benzene rings is 1. The number of amides is 2. The van der Waals surface area contributed by atoms with Gasteiger partial charge in [0.2, 0.25) is 11.8 Å². The van der Waals surface area contributed by atoms with Crippen molar-refractivity contribution < 1.29 is 9.59 Å². The van der Waals surface area contributed by atoms with Crippen molar-refractivity contribution in [2.24, 2.45) is 0 Å². The van der Waals surface area contributed by atoms with E-state index in [0.717, 1.165) is 5.75 Å². The topological polar surface area (TPSA) is 49.4 Å². The van der Waals surface area contributed by atoms with E-state index in [-0.39, 0.29) is 24.4 Å². The quantitative estimate of drug-likeness (QED) is 0.920. The van der Waals surface area contributed by atoms with E-state index in [1.165, 1.54) is 10.5 Å². The van der Waals surface area contributed by atoms with E-state index in [2.05, 4.69) is 17.4 Å². The molecule has 1 aromatic rings. The van der Waals surface area contributed by atoms with Crippen molar-refractivity contribution in [2.45, 2.75) is 30.2 Å². The van der Waals surface area contributed by atoms with Gasteiger partial charge in [-0.05, 0) is 18.1 Å². The van der Waals surface area contributed by atoms with E-state index in [0.29, 0.717) is 18.9 Å². The second-order valence-electron chi connectivity index (χ2n) is 5.29. The molecule has 0 aromatic heterocycles. The molecule has 1 aromatic carbocycles. The van der Waals surface area contributed by atoms with E-state index >= 15 is 0 Å². The smallest absolute Gasteiger partial charge is 0.245 e. The maximum atomic E-state index is 12.3. The lowest BCUT2D eigenvalue weighted by atomic mass is 9.99. The molecule has 0 spiro atoms. The molecule has 1 saturated heterocycles. The van der Waals surface area contributed by atoms with Gasteiger partial charge in [0.1, 0.15) is 6.04 Å². The molecule has 1 fully saturated rings. The number of thioether (sulfide) groups is 1. The largest absolute Gasteiger partial charge is 0.343 e. The Balaban J connectivity index is 1.75. The van der Waals surface area contributed by atoms with E-state index < -0.39 is 0 Å². The molecule has 2 amide bonds. The first-order chi connectivity index (χ1) is 9.69. The summed E-state index contributed by atoms with van der Waals surface area (Å²) in [6.07, 6.45) is 0.650. The molecular formula is C15H18N2O2S. The zero-order chi connectivity index (χ0) is 14.1. The number of hydrogen-bond donors (Lipinski definition) is 1. The van der Waals surface area contributed by atoms with Crippen molar-refractivity contribution in [3.05, 3.63) is 29.8 Å². The molecule has 4 nitrogen and oxygen atoms in total. The third-order valence-electron chi connectivity index (χ3n) is 3.93. The Morgan fingerprint density at radius 3 is 2.95 bits per heavy atom. The minimum absolute atomic E-state index is 0.0459. The van der Waals surface area contributed by atoms with Crippen LogP contribution in [0.25, 0.3) is 0 Å². The van der Waals surface area contributed by atoms with Crippen LogP contribution in [0.2, 0.25) is 0 Å². The van der Waals surface area contributed by atoms with Crippen molar-refractivity contribution in [3.63, 3.8) is 0 Å². The normalized spacial score (nSPS) is 25.6. The number of carbonyl (C=O) groups excluding carboxylic acids is 2. The lowest BCUT2D eigenvalue weighted by molar-refractivity contribution is -0.144. The molecule has 5 heteroatoms. The predicted octanol–water partition coefficient (Wildman–Crippen LogP) is 1.61. The number of hydrogen-bond acceptors (Lipinski definition) is 3. The number of nitrogens with one attached hydrogen (secondary N) is 1. The van der Waals surface area contributed by atoms with Crippen molar-refractivity contribution >= 4 is 23.6 Å². The first kappa shape index (κ1) is 13.5. The zero-order valence-electron chi connectivity index (χ0n) is 11.5. The monoisotopic (exact) mass is 290 g/mol. The fraction of sp³-hybridized carbons (Fsp3) is 0.467. The van der Waals surface area contributed by atoms with Crippen LogP contribution < -0.4 is 5.32 Å². The standard InChI is InChI=1S/C15H18N2O2S/c1-2-12-15(19)17(8-14(18)16-12)7-10-9-20-13-6-4-3-5-11(10)13/h3-6,10,12H,2,7-9H2,1H3,(H,16,18). The highest BCUT2D eigenvalue weighted by Crippen LogP contribution is 2.39. The van der Waals surface area contributed by atoms with E-state index in [1.807, 2.05) is 30.8 Å². The summed E-state index contributed by atoms with van der Waals surface area (Å²) < 4.78 is 0. The molecule has 2 heterocycles. The van der Waals surface area contributed by atoms with Gasteiger partial charge in [-0.2, -0.15) is 0 Å². The molecule has 0 aliphatic carbocycles. The number of carbonyl (C=O) groups is 2. The van der Waals surface area contributed by atoms with Gasteiger partial charge in [-0.15, -0.1) is 11.8 Å². The molecule has 106 valence electrons. The van der Waals surface area contributed by atoms with Crippen LogP contribution in [0.4, 0.5) is 0 Å². The first-order valence-electron chi connectivity index (χ1n) is 6.99. The fourth-order valence-corrected chi connectivity index (χ4v) is 4.09. The van der Waals surface area contributed by atoms with Crippen LogP contribution >= 0.6 is 11.8 Å². The average molecular weight is 290 g/mol. The predicted molar refractivity (Wildman–Crippen MR) is 78.7 cm³/mol. The van der Waals surface area contributed by atoms with Crippen LogP contribution in [0, 0.1) is 0 Å². The molecule has 2 aliphatic heterocycles. The van der Waals surface area contributed by atoms with Gasteiger partial charge in [-0.25, -0.2) is 0 Å². The summed E-state index contributed by atoms with van der Waals surface area (Å²) in [5, 5.41) is 2.75. The highest BCUT2D eigenvalue weighted by Gasteiger charge is 2.34. The second kappa shape index (κ2) is 5.48. The maximum absolute atomic E-state index is 12.3. The number of fused-ring (bicyclic) bond motifs is 1. The van der Waals surface area contributed by atoms with Crippen molar-refractivity contribution in [2.75, 3.05) is 18.8 Å². The molecule has 2 atom stereocenters. The lowest BCUT2D eigenvalue weighted by Gasteiger charge is -2.33. The summed E-state index contributed by atoms with van der Waals surface area (Å²) in [5.41, 5.74) is 1.31. The molecule has 0 radical (unpaired) electrons. The van der Waals surface area contributed by atoms with Crippen LogP contribution in [0.5, 0.6) is 0 Å². The van der Waals surface area contributed by atoms with E-state index in [9.17, 15) is 9.59 Å². The number of piperazine rings is 1. The first-order valence-corrected chi connectivity index (χ1v) is 7.97. The van der Waals surface area contributed by atoms with Crippen LogP contribution in [0.3, 0.4) is 0 Å². The van der Waals surface area contributed by atoms with Crippen LogP contribution in [-0.2, 0) is 9.59 Å². The third-order valence-corrected chi connectivity index (χ3v) is 5.18. The van der Waals surface area contributed by atoms with Gasteiger partial charge in [0, 0.05) is 23.1 Å². The van der Waals surface area contributed by atoms with Crippen LogP contribution in [0.1, 0.15) is 24.8 Å². The van der Waals surface area contributed by atoms with Gasteiger partial charge < -0.3 is 10.2 Å². The molecular weight excluding hydrogens is 272 g/mol. The van der Waals surface area contributed by atoms with Gasteiger partial charge in [-0.3, -0.25) is 9.59 Å². The highest BCUT2D eigenvalue weighted by atomic mass is 32.2. The summed E-state index contributed by atoms with van der Waals surface area (Å²) in [6.45, 7) is 2.76. The molecule has 0 bridgehead atoms. The van der Waals surface area contributed by atoms with E-state index in [1.54, 1.807) is 4.90 Å². The highest BCUT2D eigenvalue weighted by molar-refractivity contribution is 7.99. The van der Waals surface area contributed by atoms with E-state index in [4.69, 9.17) is 0 Å². The average Bonchev–Trinajstić information content (AvgIpc) is 2.86. The molecule has 2 unspecified atom stereocenters. The minimum Gasteiger partial charge on any atom is -0.343 e. The van der Waals surface area contributed by atoms with Gasteiger partial charge in [0.25, 0.3) is 0 Å². The number of rotatable bonds is 3. The van der Waals surface area contributed by atoms with Gasteiger partial charge in [-0.1, -0.05) is 25.1 Å². The Morgan fingerprint density at radius 1 is 1.35 bits per heavy atom. The molecule has 20 heavy (non-hydrogen) atoms. The fourth-order valence-electron chi connectivity index (χ4n) is 2.85. The number of nitrogens with zero attached hydrogens (tertiary/aromatic N) is 1. The molecule has 3 rings (SSSR count). The maximum Gasteiger partial charge on any atom is 0.245 e. The zero-order valence-corrected chi connectivity index (χ0v) is 12.3. The van der Waals surface area contributed by atoms with Gasteiger partial charge in [0.15, 0.2) is 0 Å². The summed E-state index contributed by atoms with van der Waals surface area (Å²) in [7, 11) is 0. The van der Waals surface area contributed by atoms with Crippen LogP contribution in [-0.4, -0.2) is 41.6 Å². The Bertz CT molecular complexity index is 546. The molecule has 1 N–H and O–H groups in total. The minimum atomic E-state index is -0.347.